The minimum absolute atomic E-state index is 0.0163. The van der Waals surface area contributed by atoms with Gasteiger partial charge in [0, 0.05) is 53.1 Å². The molecule has 0 spiro atoms. The van der Waals surface area contributed by atoms with Gasteiger partial charge in [0.05, 0.1) is 18.0 Å². The van der Waals surface area contributed by atoms with Crippen molar-refractivity contribution in [3.8, 4) is 0 Å². The van der Waals surface area contributed by atoms with Crippen LogP contribution in [0.4, 0.5) is 5.82 Å². The fraction of sp³-hybridized carbons (Fsp3) is 0.476. The van der Waals surface area contributed by atoms with Crippen LogP contribution in [0, 0.1) is 6.92 Å². The van der Waals surface area contributed by atoms with Gasteiger partial charge in [-0.05, 0) is 12.5 Å². The molecule has 30 heavy (non-hydrogen) atoms. The minimum Gasteiger partial charge on any atom is -0.363 e. The molecule has 9 heteroatoms. The molecule has 1 aromatic carbocycles. The Balaban J connectivity index is 1.82. The monoisotopic (exact) mass is 431 g/mol. The van der Waals surface area contributed by atoms with Crippen molar-refractivity contribution in [1.29, 1.82) is 0 Å². The molecule has 8 nitrogen and oxygen atoms in total. The van der Waals surface area contributed by atoms with Crippen LogP contribution in [0.1, 0.15) is 35.0 Å². The highest BCUT2D eigenvalue weighted by Crippen LogP contribution is 2.28. The smallest absolute Gasteiger partial charge is 0.223 e. The average molecular weight is 432 g/mol. The number of hydrogen-bond acceptors (Lipinski definition) is 6. The number of rotatable bonds is 7. The molecular formula is C21H29N5O3S. The van der Waals surface area contributed by atoms with E-state index in [0.717, 1.165) is 16.8 Å². The van der Waals surface area contributed by atoms with Gasteiger partial charge in [-0.2, -0.15) is 4.31 Å². The van der Waals surface area contributed by atoms with E-state index in [1.165, 1.54) is 4.31 Å². The summed E-state index contributed by atoms with van der Waals surface area (Å²) in [6, 6.07) is 9.34. The Labute approximate surface area is 178 Å². The first-order chi connectivity index (χ1) is 14.0. The van der Waals surface area contributed by atoms with Crippen LogP contribution >= 0.6 is 0 Å². The van der Waals surface area contributed by atoms with Crippen LogP contribution in [-0.4, -0.2) is 68.2 Å². The molecule has 1 aromatic heterocycles. The number of nitrogens with zero attached hydrogens (tertiary/aromatic N) is 5. The Morgan fingerprint density at radius 1 is 1.13 bits per heavy atom. The quantitative estimate of drug-likeness (QED) is 0.664. The number of sulfonamides is 1. The fourth-order valence-corrected chi connectivity index (χ4v) is 4.52. The number of likely N-dealkylation sites (tertiary alicyclic amines) is 1. The van der Waals surface area contributed by atoms with Crippen molar-refractivity contribution in [2.24, 2.45) is 0 Å². The highest BCUT2D eigenvalue weighted by Gasteiger charge is 2.30. The number of benzene rings is 1. The largest absolute Gasteiger partial charge is 0.363 e. The van der Waals surface area contributed by atoms with Crippen LogP contribution in [0.3, 0.4) is 0 Å². The average Bonchev–Trinajstić information content (AvgIpc) is 3.02. The van der Waals surface area contributed by atoms with Crippen LogP contribution in [0.2, 0.25) is 0 Å². The number of carbonyl (C=O) groups excluding carboxylic acids is 1. The second-order valence-electron chi connectivity index (χ2n) is 8.13. The lowest BCUT2D eigenvalue weighted by Crippen LogP contribution is -2.29. The molecule has 1 saturated heterocycles. The fourth-order valence-electron chi connectivity index (χ4n) is 3.38. The SMILES string of the molecule is Cc1ccc(CS(=O)(=O)N(C)Cc2nc(C3CC(=O)N(C)C3)cc(N(C)C)n2)cc1. The van der Waals surface area contributed by atoms with Crippen LogP contribution in [-0.2, 0) is 27.1 Å². The Morgan fingerprint density at radius 3 is 2.37 bits per heavy atom. The standard InChI is InChI=1S/C21H29N5O3S/c1-15-6-8-16(9-7-15)14-30(28,29)26(5)13-19-22-18(11-20(23-19)24(2)3)17-10-21(27)25(4)12-17/h6-9,11,17H,10,12-14H2,1-5H3. The van der Waals surface area contributed by atoms with E-state index in [1.54, 1.807) is 19.0 Å². The van der Waals surface area contributed by atoms with Crippen molar-refractivity contribution in [3.63, 3.8) is 0 Å². The summed E-state index contributed by atoms with van der Waals surface area (Å²) in [7, 11) is 3.54. The molecule has 0 N–H and O–H groups in total. The van der Waals surface area contributed by atoms with E-state index in [0.29, 0.717) is 24.6 Å². The van der Waals surface area contributed by atoms with E-state index in [2.05, 4.69) is 9.97 Å². The summed E-state index contributed by atoms with van der Waals surface area (Å²) < 4.78 is 27.0. The van der Waals surface area contributed by atoms with Gasteiger partial charge in [0.2, 0.25) is 15.9 Å². The second-order valence-corrected chi connectivity index (χ2v) is 10.2. The molecule has 2 aromatic rings. The zero-order chi connectivity index (χ0) is 22.1. The molecule has 1 unspecified atom stereocenters. The molecule has 0 aliphatic carbocycles. The molecule has 162 valence electrons. The number of hydrogen-bond donors (Lipinski definition) is 0. The Hall–Kier alpha value is -2.52. The van der Waals surface area contributed by atoms with Gasteiger partial charge in [-0.1, -0.05) is 29.8 Å². The van der Waals surface area contributed by atoms with Gasteiger partial charge in [-0.3, -0.25) is 4.79 Å². The van der Waals surface area contributed by atoms with Gasteiger partial charge in [0.1, 0.15) is 11.6 Å². The van der Waals surface area contributed by atoms with Crippen LogP contribution in [0.15, 0.2) is 30.3 Å². The van der Waals surface area contributed by atoms with Crippen LogP contribution in [0.5, 0.6) is 0 Å². The second kappa shape index (κ2) is 8.69. The number of anilines is 1. The molecule has 1 atom stereocenters. The van der Waals surface area contributed by atoms with Gasteiger partial charge >= 0.3 is 0 Å². The first-order valence-electron chi connectivity index (χ1n) is 9.84. The third-order valence-corrected chi connectivity index (χ3v) is 7.08. The molecule has 1 aliphatic rings. The van der Waals surface area contributed by atoms with Crippen molar-refractivity contribution >= 4 is 21.7 Å². The van der Waals surface area contributed by atoms with Crippen LogP contribution in [0.25, 0.3) is 0 Å². The maximum absolute atomic E-state index is 12.8. The predicted octanol–water partition coefficient (Wildman–Crippen LogP) is 1.76. The third kappa shape index (κ3) is 5.14. The van der Waals surface area contributed by atoms with Gasteiger partial charge in [0.25, 0.3) is 0 Å². The van der Waals surface area contributed by atoms with Crippen molar-refractivity contribution < 1.29 is 13.2 Å². The Morgan fingerprint density at radius 2 is 1.80 bits per heavy atom. The number of likely N-dealkylation sites (N-methyl/N-ethyl adjacent to an activating group) is 1. The van der Waals surface area contributed by atoms with E-state index in [-0.39, 0.29) is 24.1 Å². The van der Waals surface area contributed by atoms with Gasteiger partial charge in [0.15, 0.2) is 0 Å². The Kier molecular flexibility index (Phi) is 6.42. The van der Waals surface area contributed by atoms with E-state index in [9.17, 15) is 13.2 Å². The van der Waals surface area contributed by atoms with Gasteiger partial charge in [-0.25, -0.2) is 18.4 Å². The van der Waals surface area contributed by atoms with Crippen LogP contribution < -0.4 is 4.90 Å². The lowest BCUT2D eigenvalue weighted by molar-refractivity contribution is -0.126. The van der Waals surface area contributed by atoms with E-state index in [1.807, 2.05) is 56.3 Å². The summed E-state index contributed by atoms with van der Waals surface area (Å²) >= 11 is 0. The molecule has 1 aliphatic heterocycles. The maximum Gasteiger partial charge on any atom is 0.223 e. The highest BCUT2D eigenvalue weighted by atomic mass is 32.2. The van der Waals surface area contributed by atoms with Gasteiger partial charge in [-0.15, -0.1) is 0 Å². The van der Waals surface area contributed by atoms with E-state index in [4.69, 9.17) is 0 Å². The van der Waals surface area contributed by atoms with E-state index >= 15 is 0 Å². The summed E-state index contributed by atoms with van der Waals surface area (Å²) in [6.45, 7) is 2.63. The first kappa shape index (κ1) is 22.2. The molecule has 2 heterocycles. The van der Waals surface area contributed by atoms with Crippen molar-refractivity contribution in [2.75, 3.05) is 39.6 Å². The summed E-state index contributed by atoms with van der Waals surface area (Å²) in [4.78, 5) is 24.6. The maximum atomic E-state index is 12.8. The van der Waals surface area contributed by atoms with E-state index < -0.39 is 10.0 Å². The molecular weight excluding hydrogens is 402 g/mol. The molecule has 0 radical (unpaired) electrons. The summed E-state index contributed by atoms with van der Waals surface area (Å²) in [6.07, 6.45) is 0.404. The molecule has 1 amide bonds. The molecule has 1 fully saturated rings. The minimum atomic E-state index is -3.53. The van der Waals surface area contributed by atoms with Gasteiger partial charge < -0.3 is 9.80 Å². The number of aryl methyl sites for hydroxylation is 1. The predicted molar refractivity (Wildman–Crippen MR) is 117 cm³/mol. The topological polar surface area (TPSA) is 86.7 Å². The zero-order valence-corrected chi connectivity index (χ0v) is 19.0. The molecule has 0 bridgehead atoms. The lowest BCUT2D eigenvalue weighted by atomic mass is 10.0. The molecule has 0 saturated carbocycles. The number of aromatic nitrogens is 2. The van der Waals surface area contributed by atoms with Crippen molar-refractivity contribution in [1.82, 2.24) is 19.2 Å². The summed E-state index contributed by atoms with van der Waals surface area (Å²) in [5.41, 5.74) is 2.59. The molecule has 3 rings (SSSR count). The highest BCUT2D eigenvalue weighted by molar-refractivity contribution is 7.88. The number of carbonyl (C=O) groups is 1. The third-order valence-electron chi connectivity index (χ3n) is 5.30. The van der Waals surface area contributed by atoms with Crippen molar-refractivity contribution in [3.05, 3.63) is 53.0 Å². The number of amides is 1. The summed E-state index contributed by atoms with van der Waals surface area (Å²) in [5.74, 6) is 1.11. The summed E-state index contributed by atoms with van der Waals surface area (Å²) in [5, 5.41) is 0. The Bertz CT molecular complexity index is 1020. The lowest BCUT2D eigenvalue weighted by Gasteiger charge is -2.20. The zero-order valence-electron chi connectivity index (χ0n) is 18.2. The van der Waals surface area contributed by atoms with Crippen molar-refractivity contribution in [2.45, 2.75) is 31.6 Å². The normalized spacial score (nSPS) is 17.1. The first-order valence-corrected chi connectivity index (χ1v) is 11.4.